The second-order valence-corrected chi connectivity index (χ2v) is 4.87. The van der Waals surface area contributed by atoms with Crippen LogP contribution in [0.3, 0.4) is 0 Å². The third-order valence-electron chi connectivity index (χ3n) is 3.24. The lowest BCUT2D eigenvalue weighted by Gasteiger charge is -2.27. The van der Waals surface area contributed by atoms with Crippen molar-refractivity contribution in [2.75, 3.05) is 19.6 Å². The molecule has 94 valence electrons. The fourth-order valence-corrected chi connectivity index (χ4v) is 2.22. The number of hydrogen-bond donors (Lipinski definition) is 1. The Morgan fingerprint density at radius 3 is 3.18 bits per heavy atom. The molecule has 2 rings (SSSR count). The van der Waals surface area contributed by atoms with E-state index in [9.17, 15) is 0 Å². The average Bonchev–Trinajstić information content (AvgIpc) is 2.28. The fraction of sp³-hybridized carbons (Fsp3) is 0.692. The Hall–Kier alpha value is -1.00. The second-order valence-electron chi connectivity index (χ2n) is 4.87. The summed E-state index contributed by atoms with van der Waals surface area (Å²) in [6, 6.07) is 2.65. The highest BCUT2D eigenvalue weighted by Crippen LogP contribution is 2.07. The zero-order valence-electron chi connectivity index (χ0n) is 10.8. The summed E-state index contributed by atoms with van der Waals surface area (Å²) < 4.78 is 0. The Balaban J connectivity index is 1.92. The molecule has 1 unspecified atom stereocenters. The summed E-state index contributed by atoms with van der Waals surface area (Å²) in [5, 5.41) is 3.53. The van der Waals surface area contributed by atoms with Crippen LogP contribution in [0.4, 0.5) is 0 Å². The standard InChI is InChI=1S/C13H22N4/c1-11-5-9-17(8-3-6-14-11)10-13-4-7-15-12(2)16-13/h4,7,11,14H,3,5-6,8-10H2,1-2H3. The molecular weight excluding hydrogens is 212 g/mol. The Morgan fingerprint density at radius 2 is 2.35 bits per heavy atom. The van der Waals surface area contributed by atoms with Gasteiger partial charge in [-0.3, -0.25) is 4.90 Å². The van der Waals surface area contributed by atoms with Crippen LogP contribution in [0.15, 0.2) is 12.3 Å². The third-order valence-corrected chi connectivity index (χ3v) is 3.24. The Morgan fingerprint density at radius 1 is 1.47 bits per heavy atom. The molecule has 0 aromatic carbocycles. The molecule has 0 amide bonds. The summed E-state index contributed by atoms with van der Waals surface area (Å²) in [5.74, 6) is 0.865. The van der Waals surface area contributed by atoms with Gasteiger partial charge in [0.05, 0.1) is 5.69 Å². The Kier molecular flexibility index (Phi) is 4.45. The van der Waals surface area contributed by atoms with Gasteiger partial charge in [-0.1, -0.05) is 0 Å². The highest BCUT2D eigenvalue weighted by atomic mass is 15.1. The third kappa shape index (κ3) is 4.06. The first-order chi connectivity index (χ1) is 8.24. The first-order valence-electron chi connectivity index (χ1n) is 6.48. The molecule has 1 fully saturated rings. The van der Waals surface area contributed by atoms with E-state index in [1.54, 1.807) is 0 Å². The molecule has 1 aliphatic heterocycles. The molecule has 0 saturated carbocycles. The predicted molar refractivity (Wildman–Crippen MR) is 68.7 cm³/mol. The minimum atomic E-state index is 0.630. The van der Waals surface area contributed by atoms with Gasteiger partial charge in [-0.2, -0.15) is 0 Å². The molecule has 1 aromatic heterocycles. The molecule has 4 nitrogen and oxygen atoms in total. The monoisotopic (exact) mass is 234 g/mol. The van der Waals surface area contributed by atoms with Crippen molar-refractivity contribution in [3.05, 3.63) is 23.8 Å². The predicted octanol–water partition coefficient (Wildman–Crippen LogP) is 1.36. The summed E-state index contributed by atoms with van der Waals surface area (Å²) in [6.45, 7) is 8.60. The summed E-state index contributed by atoms with van der Waals surface area (Å²) >= 11 is 0. The number of aryl methyl sites for hydroxylation is 1. The second kappa shape index (κ2) is 6.07. The van der Waals surface area contributed by atoms with Crippen LogP contribution in [0.2, 0.25) is 0 Å². The van der Waals surface area contributed by atoms with Gasteiger partial charge in [0.2, 0.25) is 0 Å². The highest BCUT2D eigenvalue weighted by Gasteiger charge is 2.12. The van der Waals surface area contributed by atoms with Crippen molar-refractivity contribution >= 4 is 0 Å². The van der Waals surface area contributed by atoms with Crippen LogP contribution in [0, 0.1) is 6.92 Å². The first-order valence-corrected chi connectivity index (χ1v) is 6.48. The van der Waals surface area contributed by atoms with Crippen LogP contribution in [0.1, 0.15) is 31.3 Å². The number of aromatic nitrogens is 2. The van der Waals surface area contributed by atoms with Crippen LogP contribution in [0.5, 0.6) is 0 Å². The van der Waals surface area contributed by atoms with Gasteiger partial charge >= 0.3 is 0 Å². The molecule has 17 heavy (non-hydrogen) atoms. The first kappa shape index (κ1) is 12.5. The van der Waals surface area contributed by atoms with E-state index in [-0.39, 0.29) is 0 Å². The quantitative estimate of drug-likeness (QED) is 0.839. The van der Waals surface area contributed by atoms with E-state index in [4.69, 9.17) is 0 Å². The van der Waals surface area contributed by atoms with E-state index in [1.165, 1.54) is 12.8 Å². The van der Waals surface area contributed by atoms with Crippen molar-refractivity contribution in [2.24, 2.45) is 0 Å². The molecule has 0 bridgehead atoms. The van der Waals surface area contributed by atoms with E-state index in [1.807, 2.05) is 19.2 Å². The van der Waals surface area contributed by atoms with E-state index >= 15 is 0 Å². The number of hydrogen-bond acceptors (Lipinski definition) is 4. The van der Waals surface area contributed by atoms with E-state index in [2.05, 4.69) is 27.1 Å². The van der Waals surface area contributed by atoms with Gasteiger partial charge < -0.3 is 5.32 Å². The van der Waals surface area contributed by atoms with Crippen molar-refractivity contribution in [1.29, 1.82) is 0 Å². The van der Waals surface area contributed by atoms with Crippen LogP contribution in [0.25, 0.3) is 0 Å². The molecule has 1 saturated heterocycles. The molecule has 0 aliphatic carbocycles. The molecule has 2 heterocycles. The summed E-state index contributed by atoms with van der Waals surface area (Å²) in [4.78, 5) is 11.1. The summed E-state index contributed by atoms with van der Waals surface area (Å²) in [5.41, 5.74) is 1.14. The van der Waals surface area contributed by atoms with Crippen molar-refractivity contribution in [2.45, 2.75) is 39.3 Å². The molecule has 1 aliphatic rings. The fourth-order valence-electron chi connectivity index (χ4n) is 2.22. The molecule has 0 spiro atoms. The minimum Gasteiger partial charge on any atom is -0.314 e. The minimum absolute atomic E-state index is 0.630. The zero-order chi connectivity index (χ0) is 12.1. The molecule has 1 aromatic rings. The van der Waals surface area contributed by atoms with Gasteiger partial charge in [0.25, 0.3) is 0 Å². The maximum Gasteiger partial charge on any atom is 0.125 e. The normalized spacial score (nSPS) is 23.1. The van der Waals surface area contributed by atoms with E-state index < -0.39 is 0 Å². The van der Waals surface area contributed by atoms with Gasteiger partial charge in [0, 0.05) is 25.3 Å². The Labute approximate surface area is 103 Å². The summed E-state index contributed by atoms with van der Waals surface area (Å²) in [6.07, 6.45) is 4.28. The molecule has 4 heteroatoms. The number of rotatable bonds is 2. The molecule has 1 atom stereocenters. The van der Waals surface area contributed by atoms with Gasteiger partial charge in [-0.25, -0.2) is 9.97 Å². The van der Waals surface area contributed by atoms with Crippen LogP contribution >= 0.6 is 0 Å². The van der Waals surface area contributed by atoms with E-state index in [0.29, 0.717) is 6.04 Å². The molecule has 1 N–H and O–H groups in total. The van der Waals surface area contributed by atoms with Crippen LogP contribution in [-0.2, 0) is 6.54 Å². The van der Waals surface area contributed by atoms with Crippen molar-refractivity contribution in [3.8, 4) is 0 Å². The highest BCUT2D eigenvalue weighted by molar-refractivity contribution is 5.01. The SMILES string of the molecule is Cc1nccc(CN2CCCNC(C)CC2)n1. The maximum absolute atomic E-state index is 4.47. The largest absolute Gasteiger partial charge is 0.314 e. The molecular formula is C13H22N4. The number of nitrogens with one attached hydrogen (secondary N) is 1. The lowest BCUT2D eigenvalue weighted by Crippen LogP contribution is -2.38. The smallest absolute Gasteiger partial charge is 0.125 e. The van der Waals surface area contributed by atoms with Crippen LogP contribution < -0.4 is 5.32 Å². The summed E-state index contributed by atoms with van der Waals surface area (Å²) in [7, 11) is 0. The van der Waals surface area contributed by atoms with Crippen molar-refractivity contribution < 1.29 is 0 Å². The lowest BCUT2D eigenvalue weighted by atomic mass is 10.1. The molecule has 0 radical (unpaired) electrons. The average molecular weight is 234 g/mol. The van der Waals surface area contributed by atoms with Gasteiger partial charge in [-0.05, 0) is 45.8 Å². The maximum atomic E-state index is 4.47. The number of nitrogens with zero attached hydrogens (tertiary/aromatic N) is 3. The lowest BCUT2D eigenvalue weighted by molar-refractivity contribution is 0.227. The van der Waals surface area contributed by atoms with Crippen LogP contribution in [-0.4, -0.2) is 40.5 Å². The topological polar surface area (TPSA) is 41.1 Å². The van der Waals surface area contributed by atoms with Crippen molar-refractivity contribution in [3.63, 3.8) is 0 Å². The Bertz CT molecular complexity index is 353. The van der Waals surface area contributed by atoms with Gasteiger partial charge in [0.1, 0.15) is 5.82 Å². The van der Waals surface area contributed by atoms with Gasteiger partial charge in [-0.15, -0.1) is 0 Å². The van der Waals surface area contributed by atoms with E-state index in [0.717, 1.165) is 37.7 Å². The van der Waals surface area contributed by atoms with Crippen molar-refractivity contribution in [1.82, 2.24) is 20.2 Å². The zero-order valence-corrected chi connectivity index (χ0v) is 10.8. The van der Waals surface area contributed by atoms with Gasteiger partial charge in [0.15, 0.2) is 0 Å².